The van der Waals surface area contributed by atoms with Gasteiger partial charge in [-0.1, -0.05) is 19.9 Å². The van der Waals surface area contributed by atoms with Crippen LogP contribution in [0.5, 0.6) is 0 Å². The fourth-order valence-electron chi connectivity index (χ4n) is 2.21. The number of nitrogens with zero attached hydrogens (tertiary/aromatic N) is 1. The highest BCUT2D eigenvalue weighted by atomic mass is 35.5. The Labute approximate surface area is 192 Å². The number of alkyl halides is 1. The number of nitrogens with two attached hydrogens (primary N) is 1. The van der Waals surface area contributed by atoms with Gasteiger partial charge in [-0.15, -0.1) is 22.9 Å². The van der Waals surface area contributed by atoms with E-state index >= 15 is 0 Å². The Hall–Kier alpha value is -1.97. The number of allylic oxidation sites excluding steroid dienone is 1. The number of carbonyl (C=O) groups is 3. The maximum atomic E-state index is 12.4. The van der Waals surface area contributed by atoms with Gasteiger partial charge in [0.15, 0.2) is 5.69 Å². The van der Waals surface area contributed by atoms with Crippen molar-refractivity contribution in [2.45, 2.75) is 71.8 Å². The van der Waals surface area contributed by atoms with Gasteiger partial charge in [0.2, 0.25) is 5.91 Å². The van der Waals surface area contributed by atoms with E-state index in [1.807, 2.05) is 13.8 Å². The van der Waals surface area contributed by atoms with Crippen LogP contribution in [0, 0.1) is 5.92 Å². The first-order valence-electron chi connectivity index (χ1n) is 10.1. The molecule has 1 heterocycles. The summed E-state index contributed by atoms with van der Waals surface area (Å²) in [4.78, 5) is 40.8. The van der Waals surface area contributed by atoms with E-state index in [0.717, 1.165) is 0 Å². The number of nitrogens with one attached hydrogen (secondary N) is 1. The van der Waals surface area contributed by atoms with Crippen LogP contribution in [0.3, 0.4) is 0 Å². The molecule has 174 valence electrons. The molecule has 1 rings (SSSR count). The molecule has 31 heavy (non-hydrogen) atoms. The van der Waals surface area contributed by atoms with Crippen LogP contribution in [-0.4, -0.2) is 46.5 Å². The molecule has 2 atom stereocenters. The third-order valence-corrected chi connectivity index (χ3v) is 4.93. The van der Waals surface area contributed by atoms with Crippen LogP contribution in [0.25, 0.3) is 0 Å². The van der Waals surface area contributed by atoms with Gasteiger partial charge in [-0.2, -0.15) is 0 Å². The Bertz CT molecular complexity index is 773. The van der Waals surface area contributed by atoms with Gasteiger partial charge in [0.05, 0.1) is 13.0 Å². The summed E-state index contributed by atoms with van der Waals surface area (Å²) in [6, 6.07) is -0.770. The number of amides is 1. The molecule has 1 aromatic heterocycles. The van der Waals surface area contributed by atoms with E-state index < -0.39 is 29.7 Å². The maximum Gasteiger partial charge on any atom is 0.358 e. The number of aromatic nitrogens is 1. The Morgan fingerprint density at radius 3 is 2.58 bits per heavy atom. The number of rotatable bonds is 11. The van der Waals surface area contributed by atoms with Crippen molar-refractivity contribution in [1.29, 1.82) is 0 Å². The molecule has 0 aliphatic heterocycles. The highest BCUT2D eigenvalue weighted by molar-refractivity contribution is 7.09. The van der Waals surface area contributed by atoms with Crippen LogP contribution in [0.2, 0.25) is 0 Å². The molecule has 8 nitrogen and oxygen atoms in total. The molecule has 10 heteroatoms. The molecular formula is C21H32ClN3O5S. The third-order valence-electron chi connectivity index (χ3n) is 3.87. The summed E-state index contributed by atoms with van der Waals surface area (Å²) >= 11 is 6.91. The van der Waals surface area contributed by atoms with Gasteiger partial charge in [-0.05, 0) is 39.2 Å². The second-order valence-electron chi connectivity index (χ2n) is 8.26. The van der Waals surface area contributed by atoms with E-state index in [2.05, 4.69) is 10.3 Å². The van der Waals surface area contributed by atoms with E-state index in [9.17, 15) is 14.4 Å². The molecule has 0 aliphatic carbocycles. The molecule has 0 saturated heterocycles. The molecule has 0 saturated carbocycles. The van der Waals surface area contributed by atoms with Crippen LogP contribution in [0.15, 0.2) is 17.5 Å². The second-order valence-corrected chi connectivity index (χ2v) is 9.58. The Kier molecular flexibility index (Phi) is 11.2. The van der Waals surface area contributed by atoms with E-state index in [4.69, 9.17) is 26.8 Å². The number of thiazole rings is 1. The minimum Gasteiger partial charge on any atom is -0.456 e. The number of hydrogen-bond donors (Lipinski definition) is 2. The Balaban J connectivity index is 2.65. The molecule has 1 amide bonds. The minimum atomic E-state index is -0.770. The summed E-state index contributed by atoms with van der Waals surface area (Å²) in [7, 11) is 0. The average Bonchev–Trinajstić information content (AvgIpc) is 3.13. The molecule has 2 unspecified atom stereocenters. The van der Waals surface area contributed by atoms with Gasteiger partial charge < -0.3 is 20.5 Å². The van der Waals surface area contributed by atoms with Crippen molar-refractivity contribution in [3.8, 4) is 0 Å². The standard InChI is InChI=1S/C21H32ClN3O5S/c1-13(2)18(23)20(28)29-14(8-6-7-9-22)10-16(26)24-11-17-25-15(12-31-17)19(27)30-21(3,4)5/h6,8,12-14,18H,7,9-11,23H2,1-5H3,(H,24,26)/b8-6+. The zero-order chi connectivity index (χ0) is 23.6. The smallest absolute Gasteiger partial charge is 0.358 e. The van der Waals surface area contributed by atoms with Crippen LogP contribution in [-0.2, 0) is 25.6 Å². The fourth-order valence-corrected chi connectivity index (χ4v) is 3.03. The molecule has 0 aliphatic rings. The molecule has 0 fully saturated rings. The van der Waals surface area contributed by atoms with Crippen molar-refractivity contribution in [1.82, 2.24) is 10.3 Å². The average molecular weight is 474 g/mol. The Morgan fingerprint density at radius 2 is 2.00 bits per heavy atom. The SMILES string of the molecule is CC(C)C(N)C(=O)OC(/C=C/CCCl)CC(=O)NCc1nc(C(=O)OC(C)(C)C)cs1. The van der Waals surface area contributed by atoms with E-state index in [1.54, 1.807) is 38.3 Å². The van der Waals surface area contributed by atoms with Crippen molar-refractivity contribution < 1.29 is 23.9 Å². The van der Waals surface area contributed by atoms with Crippen LogP contribution < -0.4 is 11.1 Å². The summed E-state index contributed by atoms with van der Waals surface area (Å²) in [6.07, 6.45) is 3.15. The highest BCUT2D eigenvalue weighted by Crippen LogP contribution is 2.15. The predicted octanol–water partition coefficient (Wildman–Crippen LogP) is 3.18. The van der Waals surface area contributed by atoms with Crippen molar-refractivity contribution in [3.05, 3.63) is 28.2 Å². The van der Waals surface area contributed by atoms with Crippen molar-refractivity contribution >= 4 is 40.8 Å². The summed E-state index contributed by atoms with van der Waals surface area (Å²) < 4.78 is 10.7. The molecule has 0 spiro atoms. The van der Waals surface area contributed by atoms with E-state index in [-0.39, 0.29) is 30.5 Å². The molecular weight excluding hydrogens is 442 g/mol. The van der Waals surface area contributed by atoms with Crippen molar-refractivity contribution in [3.63, 3.8) is 0 Å². The Morgan fingerprint density at radius 1 is 1.32 bits per heavy atom. The first kappa shape index (κ1) is 27.1. The maximum absolute atomic E-state index is 12.4. The lowest BCUT2D eigenvalue weighted by Gasteiger charge is -2.19. The number of esters is 2. The van der Waals surface area contributed by atoms with Gasteiger partial charge in [0.25, 0.3) is 0 Å². The molecule has 0 aromatic carbocycles. The van der Waals surface area contributed by atoms with Gasteiger partial charge in [-0.25, -0.2) is 9.78 Å². The molecule has 1 aromatic rings. The third kappa shape index (κ3) is 10.8. The summed E-state index contributed by atoms with van der Waals surface area (Å²) in [5, 5.41) is 4.86. The minimum absolute atomic E-state index is 0.0698. The van der Waals surface area contributed by atoms with E-state index in [1.165, 1.54) is 11.3 Å². The monoisotopic (exact) mass is 473 g/mol. The van der Waals surface area contributed by atoms with Crippen LogP contribution >= 0.6 is 22.9 Å². The lowest BCUT2D eigenvalue weighted by atomic mass is 10.1. The first-order valence-corrected chi connectivity index (χ1v) is 11.5. The highest BCUT2D eigenvalue weighted by Gasteiger charge is 2.24. The summed E-state index contributed by atoms with van der Waals surface area (Å²) in [5.41, 5.74) is 5.41. The van der Waals surface area contributed by atoms with Crippen LogP contribution in [0.4, 0.5) is 0 Å². The number of hydrogen-bond acceptors (Lipinski definition) is 8. The number of carbonyl (C=O) groups excluding carboxylic acids is 3. The zero-order valence-electron chi connectivity index (χ0n) is 18.6. The molecule has 3 N–H and O–H groups in total. The lowest BCUT2D eigenvalue weighted by molar-refractivity contribution is -0.150. The van der Waals surface area contributed by atoms with E-state index in [0.29, 0.717) is 17.3 Å². The first-order chi connectivity index (χ1) is 14.4. The fraction of sp³-hybridized carbons (Fsp3) is 0.619. The topological polar surface area (TPSA) is 121 Å². The summed E-state index contributed by atoms with van der Waals surface area (Å²) in [5.74, 6) is -1.08. The molecule has 0 bridgehead atoms. The lowest BCUT2D eigenvalue weighted by Crippen LogP contribution is -2.39. The van der Waals surface area contributed by atoms with Gasteiger partial charge in [-0.3, -0.25) is 9.59 Å². The number of ether oxygens (including phenoxy) is 2. The number of halogens is 1. The quantitative estimate of drug-likeness (QED) is 0.287. The van der Waals surface area contributed by atoms with Gasteiger partial charge in [0.1, 0.15) is 22.8 Å². The van der Waals surface area contributed by atoms with Crippen molar-refractivity contribution in [2.75, 3.05) is 5.88 Å². The van der Waals surface area contributed by atoms with Crippen molar-refractivity contribution in [2.24, 2.45) is 11.7 Å². The van der Waals surface area contributed by atoms with Gasteiger partial charge in [0, 0.05) is 11.3 Å². The zero-order valence-corrected chi connectivity index (χ0v) is 20.2. The predicted molar refractivity (Wildman–Crippen MR) is 121 cm³/mol. The molecule has 0 radical (unpaired) electrons. The van der Waals surface area contributed by atoms with Crippen LogP contribution in [0.1, 0.15) is 63.0 Å². The second kappa shape index (κ2) is 12.8. The normalized spacial score (nSPS) is 13.8. The largest absolute Gasteiger partial charge is 0.456 e. The summed E-state index contributed by atoms with van der Waals surface area (Å²) in [6.45, 7) is 9.10. The van der Waals surface area contributed by atoms with Gasteiger partial charge >= 0.3 is 11.9 Å².